The van der Waals surface area contributed by atoms with Gasteiger partial charge in [0.1, 0.15) is 11.2 Å². The lowest BCUT2D eigenvalue weighted by atomic mass is 10.1. The molecule has 0 atom stereocenters. The lowest BCUT2D eigenvalue weighted by Gasteiger charge is -2.20. The molecule has 0 aromatic rings. The standard InChI is InChI=1S/C16H27NO4.C12H26N2O.C12H24O2.C11H23NO2.C10H18O5.C4H5NO2.C2H6.CH4.H2O/c1-2-3-4-5-6-7-8-9-10-11-16(20)21-17-14(18)12-13-15(17)19;1-14-12(15)10-8-6-4-2-3-5-7-9-11-13;1-2-3-4-5-6-7-8-9-10-11-12(13)14;12-10-8-6-4-2-1-3-5-7-9-11(13)14;1-9(2,3)14-7(11)13-8(12)15-10(4,5)6;6-3-1-2-4(7)5-3;1-2;;/h2-13H2,1H3;2-11,13H2,1H3,(H,14,15);2-11H2,1H3,(H,13,14);1-10,12H2,(H,13,14);1-6H3;1-2H2,(H,5,6,7);1-2H3;1H4;1H2. The van der Waals surface area contributed by atoms with Gasteiger partial charge in [0.05, 0.1) is 0 Å². The van der Waals surface area contributed by atoms with E-state index in [2.05, 4.69) is 29.2 Å². The number of carbonyl (C=O) groups excluding carboxylic acids is 8. The van der Waals surface area contributed by atoms with E-state index in [0.717, 1.165) is 77.3 Å². The maximum Gasteiger partial charge on any atom is 0.519 e. The molecular formula is C68H135N5O17. The Morgan fingerprint density at radius 1 is 0.456 bits per heavy atom. The van der Waals surface area contributed by atoms with Gasteiger partial charge in [0, 0.05) is 58.4 Å². The molecule has 22 nitrogen and oxygen atoms in total. The number of rotatable bonds is 41. The number of carboxylic acids is 2. The highest BCUT2D eigenvalue weighted by molar-refractivity contribution is 6.02. The second-order valence-corrected chi connectivity index (χ2v) is 23.9. The van der Waals surface area contributed by atoms with Crippen LogP contribution >= 0.6 is 0 Å². The molecule has 0 saturated carbocycles. The number of amides is 5. The van der Waals surface area contributed by atoms with Crippen LogP contribution in [0.5, 0.6) is 0 Å². The molecule has 90 heavy (non-hydrogen) atoms. The number of hydrogen-bond acceptors (Lipinski definition) is 16. The highest BCUT2D eigenvalue weighted by Crippen LogP contribution is 2.17. The molecule has 0 spiro atoms. The fourth-order valence-corrected chi connectivity index (χ4v) is 8.19. The molecule has 2 fully saturated rings. The lowest BCUT2D eigenvalue weighted by molar-refractivity contribution is -0.197. The molecule has 0 unspecified atom stereocenters. The van der Waals surface area contributed by atoms with Gasteiger partial charge in [-0.05, 0) is 93.2 Å². The normalized spacial score (nSPS) is 12.0. The molecule has 22 heteroatoms. The van der Waals surface area contributed by atoms with Crippen molar-refractivity contribution in [3.8, 4) is 0 Å². The Bertz CT molecular complexity index is 1680. The molecule has 2 aliphatic rings. The molecule has 0 radical (unpaired) electrons. The minimum absolute atomic E-state index is 0. The Morgan fingerprint density at radius 3 is 0.967 bits per heavy atom. The van der Waals surface area contributed by atoms with Gasteiger partial charge in [-0.15, -0.1) is 5.06 Å². The minimum atomic E-state index is -1.06. The summed E-state index contributed by atoms with van der Waals surface area (Å²) in [6.07, 6.45) is 41.3. The van der Waals surface area contributed by atoms with Crippen LogP contribution in [-0.2, 0) is 57.4 Å². The van der Waals surface area contributed by atoms with Gasteiger partial charge in [0.2, 0.25) is 17.7 Å². The molecule has 2 heterocycles. The first-order chi connectivity index (χ1) is 41.8. The van der Waals surface area contributed by atoms with Crippen molar-refractivity contribution < 1.29 is 82.7 Å². The molecule has 2 saturated heterocycles. The molecular weight excluding hydrogens is 1160 g/mol. The van der Waals surface area contributed by atoms with Crippen molar-refractivity contribution in [3.63, 3.8) is 0 Å². The number of hydroxylamine groups is 2. The summed E-state index contributed by atoms with van der Waals surface area (Å²) in [7, 11) is 1.69. The summed E-state index contributed by atoms with van der Waals surface area (Å²) in [4.78, 5) is 112. The van der Waals surface area contributed by atoms with Crippen molar-refractivity contribution in [1.29, 1.82) is 0 Å². The van der Waals surface area contributed by atoms with Crippen molar-refractivity contribution >= 4 is 59.8 Å². The van der Waals surface area contributed by atoms with Crippen LogP contribution in [0.4, 0.5) is 9.59 Å². The third kappa shape index (κ3) is 84.8. The van der Waals surface area contributed by atoms with E-state index in [1.54, 1.807) is 48.6 Å². The number of imide groups is 2. The van der Waals surface area contributed by atoms with Crippen LogP contribution in [0.25, 0.3) is 0 Å². The molecule has 10 N–H and O–H groups in total. The number of carboxylic acid groups (broad SMARTS) is 2. The highest BCUT2D eigenvalue weighted by Gasteiger charge is 2.32. The Morgan fingerprint density at radius 2 is 0.722 bits per heavy atom. The Balaban J connectivity index is -0.000000185. The van der Waals surface area contributed by atoms with Gasteiger partial charge in [-0.3, -0.25) is 38.9 Å². The van der Waals surface area contributed by atoms with Crippen LogP contribution < -0.4 is 22.1 Å². The van der Waals surface area contributed by atoms with E-state index in [9.17, 15) is 47.9 Å². The number of aliphatic carboxylic acids is 2. The quantitative estimate of drug-likeness (QED) is 0.0143. The Hall–Kier alpha value is -5.22. The fraction of sp³-hybridized carbons (Fsp3) is 0.853. The van der Waals surface area contributed by atoms with Gasteiger partial charge in [-0.1, -0.05) is 215 Å². The molecule has 0 aromatic carbocycles. The summed E-state index contributed by atoms with van der Waals surface area (Å²) < 4.78 is 13.8. The number of carbonyl (C=O) groups is 10. The van der Waals surface area contributed by atoms with Crippen molar-refractivity contribution in [2.24, 2.45) is 11.5 Å². The summed E-state index contributed by atoms with van der Waals surface area (Å²) in [6, 6.07) is 0. The Labute approximate surface area is 545 Å². The van der Waals surface area contributed by atoms with E-state index in [1.165, 1.54) is 154 Å². The average Bonchev–Trinajstić information content (AvgIpc) is 2.82. The highest BCUT2D eigenvalue weighted by atomic mass is 16.8. The van der Waals surface area contributed by atoms with Crippen molar-refractivity contribution in [1.82, 2.24) is 15.7 Å². The predicted molar refractivity (Wildman–Crippen MR) is 359 cm³/mol. The number of ether oxygens (including phenoxy) is 3. The van der Waals surface area contributed by atoms with Crippen LogP contribution in [0.15, 0.2) is 0 Å². The zero-order valence-electron chi connectivity index (χ0n) is 57.8. The molecule has 534 valence electrons. The maximum absolute atomic E-state index is 11.5. The predicted octanol–water partition coefficient (Wildman–Crippen LogP) is 15.4. The largest absolute Gasteiger partial charge is 0.519 e. The van der Waals surface area contributed by atoms with E-state index in [-0.39, 0.29) is 49.9 Å². The molecule has 5 amide bonds. The molecule has 2 rings (SSSR count). The third-order valence-corrected chi connectivity index (χ3v) is 13.0. The zero-order chi connectivity index (χ0) is 67.7. The average molecular weight is 1290 g/mol. The van der Waals surface area contributed by atoms with Crippen LogP contribution in [0.3, 0.4) is 0 Å². The maximum atomic E-state index is 11.5. The smallest absolute Gasteiger partial charge is 0.481 e. The summed E-state index contributed by atoms with van der Waals surface area (Å²) >= 11 is 0. The van der Waals surface area contributed by atoms with E-state index < -0.39 is 53.2 Å². The first kappa shape index (κ1) is 98.4. The fourth-order valence-electron chi connectivity index (χ4n) is 8.19. The molecule has 2 aliphatic heterocycles. The van der Waals surface area contributed by atoms with Crippen LogP contribution in [0, 0.1) is 0 Å². The van der Waals surface area contributed by atoms with Gasteiger partial charge < -0.3 is 51.5 Å². The van der Waals surface area contributed by atoms with Gasteiger partial charge in [0.15, 0.2) is 0 Å². The lowest BCUT2D eigenvalue weighted by Crippen LogP contribution is -2.31. The Kier molecular flexibility index (Phi) is 77.8. The van der Waals surface area contributed by atoms with Crippen LogP contribution in [-0.4, -0.2) is 112 Å². The summed E-state index contributed by atoms with van der Waals surface area (Å²) in [6.45, 7) is 20.1. The number of nitrogens with one attached hydrogen (secondary N) is 2. The third-order valence-electron chi connectivity index (χ3n) is 13.0. The monoisotopic (exact) mass is 1290 g/mol. The van der Waals surface area contributed by atoms with E-state index in [1.807, 2.05) is 13.8 Å². The first-order valence-electron chi connectivity index (χ1n) is 33.9. The van der Waals surface area contributed by atoms with Gasteiger partial charge in [-0.2, -0.15) is 0 Å². The summed E-state index contributed by atoms with van der Waals surface area (Å²) in [5, 5.41) is 22.2. The SMILES string of the molecule is C.CC.CC(C)(C)OC(=O)OC(=O)OC(C)(C)C.CCCCCCCCCCCC(=O)O.CCCCCCCCCCCC(=O)ON1C(=O)CCC1=O.CNC(=O)CCCCCCCCCCN.NCCCCCCCCCCC(=O)O.O.O=C1CCC(=O)N1. The van der Waals surface area contributed by atoms with E-state index >= 15 is 0 Å². The second kappa shape index (κ2) is 71.2. The number of nitrogens with two attached hydrogens (primary N) is 2. The summed E-state index contributed by atoms with van der Waals surface area (Å²) in [5.41, 5.74) is 9.40. The zero-order valence-corrected chi connectivity index (χ0v) is 57.8. The number of nitrogens with zero attached hydrogens (tertiary/aromatic N) is 1. The van der Waals surface area contributed by atoms with E-state index in [4.69, 9.17) is 36.0 Å². The van der Waals surface area contributed by atoms with Crippen molar-refractivity contribution in [2.75, 3.05) is 20.1 Å². The topological polar surface area (TPSA) is 359 Å². The van der Waals surface area contributed by atoms with Gasteiger partial charge in [0.25, 0.3) is 11.8 Å². The second-order valence-electron chi connectivity index (χ2n) is 23.9. The molecule has 0 aromatic heterocycles. The van der Waals surface area contributed by atoms with Crippen molar-refractivity contribution in [3.05, 3.63) is 0 Å². The summed E-state index contributed by atoms with van der Waals surface area (Å²) in [5.74, 6) is -2.78. The van der Waals surface area contributed by atoms with Crippen LogP contribution in [0.1, 0.15) is 346 Å². The number of unbranched alkanes of at least 4 members (excludes halogenated alkanes) is 30. The first-order valence-corrected chi connectivity index (χ1v) is 33.9. The van der Waals surface area contributed by atoms with Gasteiger partial charge >= 0.3 is 30.2 Å². The van der Waals surface area contributed by atoms with Crippen LogP contribution in [0.2, 0.25) is 0 Å². The minimum Gasteiger partial charge on any atom is -0.481 e. The van der Waals surface area contributed by atoms with Gasteiger partial charge in [-0.25, -0.2) is 14.4 Å². The van der Waals surface area contributed by atoms with E-state index in [0.29, 0.717) is 37.2 Å². The molecule has 0 aliphatic carbocycles. The molecule has 0 bridgehead atoms. The number of hydrogen-bond donors (Lipinski definition) is 6. The van der Waals surface area contributed by atoms with Crippen molar-refractivity contribution in [2.45, 2.75) is 358 Å².